The molecule has 0 saturated carbocycles. The highest BCUT2D eigenvalue weighted by molar-refractivity contribution is 9.12. The summed E-state index contributed by atoms with van der Waals surface area (Å²) in [4.78, 5) is 12.2. The average Bonchev–Trinajstić information content (AvgIpc) is 2.61. The number of halogens is 1. The SMILES string of the molecule is COc1cc(OC)cc(C(=O)N/N=C\C(Br)=C\c2ccccc2)c1. The first kappa shape index (κ1) is 17.7. The van der Waals surface area contributed by atoms with Gasteiger partial charge in [0.05, 0.1) is 20.4 Å². The number of ether oxygens (including phenoxy) is 2. The molecule has 0 atom stereocenters. The van der Waals surface area contributed by atoms with Crippen LogP contribution in [0.5, 0.6) is 11.5 Å². The molecule has 5 nitrogen and oxygen atoms in total. The number of hydrogen-bond donors (Lipinski definition) is 1. The standard InChI is InChI=1S/C18H17BrN2O3/c1-23-16-9-14(10-17(11-16)24-2)18(22)21-20-12-15(19)8-13-6-4-3-5-7-13/h3-12H,1-2H3,(H,21,22)/b15-8-,20-12-. The maximum absolute atomic E-state index is 12.2. The van der Waals surface area contributed by atoms with Crippen LogP contribution in [0.1, 0.15) is 15.9 Å². The molecular formula is C18H17BrN2O3. The zero-order valence-corrected chi connectivity index (χ0v) is 14.9. The van der Waals surface area contributed by atoms with Crippen molar-refractivity contribution in [3.05, 3.63) is 64.1 Å². The Labute approximate surface area is 149 Å². The second-order valence-corrected chi connectivity index (χ2v) is 5.66. The Morgan fingerprint density at radius 1 is 1.08 bits per heavy atom. The molecule has 2 aromatic carbocycles. The van der Waals surface area contributed by atoms with Crippen LogP contribution in [0.25, 0.3) is 6.08 Å². The molecule has 0 spiro atoms. The summed E-state index contributed by atoms with van der Waals surface area (Å²) in [7, 11) is 3.06. The molecule has 0 radical (unpaired) electrons. The van der Waals surface area contributed by atoms with Crippen molar-refractivity contribution in [2.45, 2.75) is 0 Å². The van der Waals surface area contributed by atoms with E-state index in [4.69, 9.17) is 9.47 Å². The van der Waals surface area contributed by atoms with E-state index < -0.39 is 0 Å². The maximum atomic E-state index is 12.2. The highest BCUT2D eigenvalue weighted by Gasteiger charge is 2.08. The van der Waals surface area contributed by atoms with Crippen LogP contribution >= 0.6 is 15.9 Å². The minimum atomic E-state index is -0.358. The minimum Gasteiger partial charge on any atom is -0.497 e. The van der Waals surface area contributed by atoms with Crippen LogP contribution < -0.4 is 14.9 Å². The Bertz CT molecular complexity index is 736. The van der Waals surface area contributed by atoms with E-state index in [0.29, 0.717) is 17.1 Å². The predicted molar refractivity (Wildman–Crippen MR) is 98.9 cm³/mol. The van der Waals surface area contributed by atoms with Crippen molar-refractivity contribution < 1.29 is 14.3 Å². The van der Waals surface area contributed by atoms with Crippen molar-refractivity contribution in [2.24, 2.45) is 5.10 Å². The Morgan fingerprint density at radius 3 is 2.29 bits per heavy atom. The summed E-state index contributed by atoms with van der Waals surface area (Å²) in [5.41, 5.74) is 3.89. The fourth-order valence-electron chi connectivity index (χ4n) is 1.90. The lowest BCUT2D eigenvalue weighted by molar-refractivity contribution is 0.0954. The third-order valence-corrected chi connectivity index (χ3v) is 3.51. The van der Waals surface area contributed by atoms with Crippen molar-refractivity contribution in [1.29, 1.82) is 0 Å². The molecule has 6 heteroatoms. The van der Waals surface area contributed by atoms with Gasteiger partial charge in [-0.05, 0) is 39.7 Å². The fraction of sp³-hybridized carbons (Fsp3) is 0.111. The Kier molecular flexibility index (Phi) is 6.57. The second-order valence-electron chi connectivity index (χ2n) is 4.74. The van der Waals surface area contributed by atoms with Crippen LogP contribution in [-0.4, -0.2) is 26.3 Å². The number of carbonyl (C=O) groups is 1. The van der Waals surface area contributed by atoms with E-state index >= 15 is 0 Å². The Hall–Kier alpha value is -2.60. The Balaban J connectivity index is 2.03. The number of nitrogens with one attached hydrogen (secondary N) is 1. The lowest BCUT2D eigenvalue weighted by atomic mass is 10.2. The minimum absolute atomic E-state index is 0.358. The largest absolute Gasteiger partial charge is 0.497 e. The van der Waals surface area contributed by atoms with Gasteiger partial charge in [0, 0.05) is 16.1 Å². The highest BCUT2D eigenvalue weighted by Crippen LogP contribution is 2.22. The Morgan fingerprint density at radius 2 is 1.71 bits per heavy atom. The van der Waals surface area contributed by atoms with Gasteiger partial charge in [0.15, 0.2) is 0 Å². The molecule has 0 aliphatic carbocycles. The van der Waals surface area contributed by atoms with Crippen molar-refractivity contribution in [1.82, 2.24) is 5.43 Å². The van der Waals surface area contributed by atoms with Gasteiger partial charge in [-0.1, -0.05) is 30.3 Å². The van der Waals surface area contributed by atoms with Crippen molar-refractivity contribution in [3.8, 4) is 11.5 Å². The van der Waals surface area contributed by atoms with Crippen molar-refractivity contribution >= 4 is 34.1 Å². The van der Waals surface area contributed by atoms with Crippen LogP contribution in [0.3, 0.4) is 0 Å². The van der Waals surface area contributed by atoms with Gasteiger partial charge in [-0.15, -0.1) is 0 Å². The lowest BCUT2D eigenvalue weighted by Crippen LogP contribution is -2.17. The van der Waals surface area contributed by atoms with Gasteiger partial charge in [0.2, 0.25) is 0 Å². The van der Waals surface area contributed by atoms with Gasteiger partial charge in [0.25, 0.3) is 5.91 Å². The summed E-state index contributed by atoms with van der Waals surface area (Å²) in [6.07, 6.45) is 3.41. The van der Waals surface area contributed by atoms with Gasteiger partial charge in [-0.3, -0.25) is 4.79 Å². The smallest absolute Gasteiger partial charge is 0.271 e. The maximum Gasteiger partial charge on any atom is 0.271 e. The van der Waals surface area contributed by atoms with E-state index in [9.17, 15) is 4.79 Å². The molecule has 0 aliphatic heterocycles. The molecule has 0 fully saturated rings. The summed E-state index contributed by atoms with van der Waals surface area (Å²) in [5, 5.41) is 3.93. The first-order valence-electron chi connectivity index (χ1n) is 7.11. The van der Waals surface area contributed by atoms with Crippen molar-refractivity contribution in [2.75, 3.05) is 14.2 Å². The number of nitrogens with zero attached hydrogens (tertiary/aromatic N) is 1. The summed E-state index contributed by atoms with van der Waals surface area (Å²) >= 11 is 3.39. The van der Waals surface area contributed by atoms with Gasteiger partial charge in [-0.25, -0.2) is 5.43 Å². The highest BCUT2D eigenvalue weighted by atomic mass is 79.9. The lowest BCUT2D eigenvalue weighted by Gasteiger charge is -2.07. The van der Waals surface area contributed by atoms with Gasteiger partial charge < -0.3 is 9.47 Å². The second kappa shape index (κ2) is 8.88. The average molecular weight is 389 g/mol. The molecule has 0 unspecified atom stereocenters. The summed E-state index contributed by atoms with van der Waals surface area (Å²) in [5.74, 6) is 0.714. The third kappa shape index (κ3) is 5.24. The van der Waals surface area contributed by atoms with E-state index in [1.165, 1.54) is 20.4 Å². The molecule has 0 bridgehead atoms. The van der Waals surface area contributed by atoms with E-state index in [1.807, 2.05) is 36.4 Å². The molecule has 124 valence electrons. The first-order chi connectivity index (χ1) is 11.6. The van der Waals surface area contributed by atoms with Crippen LogP contribution in [0.2, 0.25) is 0 Å². The van der Waals surface area contributed by atoms with E-state index in [2.05, 4.69) is 26.5 Å². The molecule has 24 heavy (non-hydrogen) atoms. The normalized spacial score (nSPS) is 11.4. The van der Waals surface area contributed by atoms with Crippen LogP contribution in [-0.2, 0) is 0 Å². The van der Waals surface area contributed by atoms with Crippen LogP contribution in [0.4, 0.5) is 0 Å². The van der Waals surface area contributed by atoms with Gasteiger partial charge >= 0.3 is 0 Å². The number of rotatable bonds is 6. The zero-order chi connectivity index (χ0) is 17.4. The van der Waals surface area contributed by atoms with Crippen LogP contribution in [0.15, 0.2) is 58.1 Å². The predicted octanol–water partition coefficient (Wildman–Crippen LogP) is 3.86. The number of amides is 1. The number of methoxy groups -OCH3 is 2. The van der Waals surface area contributed by atoms with Gasteiger partial charge in [0.1, 0.15) is 11.5 Å². The quantitative estimate of drug-likeness (QED) is 0.603. The molecule has 0 saturated heterocycles. The number of carbonyl (C=O) groups excluding carboxylic acids is 1. The molecule has 0 aromatic heterocycles. The number of benzene rings is 2. The van der Waals surface area contributed by atoms with E-state index in [1.54, 1.807) is 18.2 Å². The van der Waals surface area contributed by atoms with Crippen LogP contribution in [0, 0.1) is 0 Å². The zero-order valence-electron chi connectivity index (χ0n) is 13.3. The summed E-state index contributed by atoms with van der Waals surface area (Å²) < 4.78 is 11.0. The number of hydrogen-bond acceptors (Lipinski definition) is 4. The summed E-state index contributed by atoms with van der Waals surface area (Å²) in [6.45, 7) is 0. The van der Waals surface area contributed by atoms with E-state index in [-0.39, 0.29) is 5.91 Å². The molecule has 2 aromatic rings. The monoisotopic (exact) mass is 388 g/mol. The molecule has 1 amide bonds. The summed E-state index contributed by atoms with van der Waals surface area (Å²) in [6, 6.07) is 14.7. The fourth-order valence-corrected chi connectivity index (χ4v) is 2.27. The van der Waals surface area contributed by atoms with E-state index in [0.717, 1.165) is 10.0 Å². The van der Waals surface area contributed by atoms with Crippen molar-refractivity contribution in [3.63, 3.8) is 0 Å². The number of hydrazone groups is 1. The molecule has 1 N–H and O–H groups in total. The molecule has 0 aliphatic rings. The first-order valence-corrected chi connectivity index (χ1v) is 7.90. The van der Waals surface area contributed by atoms with Gasteiger partial charge in [-0.2, -0.15) is 5.10 Å². The molecule has 0 heterocycles. The topological polar surface area (TPSA) is 59.9 Å². The third-order valence-electron chi connectivity index (χ3n) is 3.07. The molecular weight excluding hydrogens is 372 g/mol. The number of allylic oxidation sites excluding steroid dienone is 1. The molecule has 2 rings (SSSR count).